The molecule has 0 fully saturated rings. The Morgan fingerprint density at radius 2 is 2.10 bits per heavy atom. The Kier molecular flexibility index (Phi) is 3.93. The van der Waals surface area contributed by atoms with Crippen LogP contribution in [0, 0.1) is 5.82 Å². The van der Waals surface area contributed by atoms with Crippen LogP contribution in [0.4, 0.5) is 4.39 Å². The monoisotopic (exact) mass is 285 g/mol. The first-order chi connectivity index (χ1) is 10.1. The zero-order valence-corrected chi connectivity index (χ0v) is 12.1. The molecule has 2 atom stereocenters. The normalized spacial score (nSPS) is 19.0. The van der Waals surface area contributed by atoms with Crippen molar-refractivity contribution in [3.8, 4) is 5.75 Å². The number of rotatable bonds is 3. The molecule has 1 unspecified atom stereocenters. The quantitative estimate of drug-likeness (QED) is 0.883. The summed E-state index contributed by atoms with van der Waals surface area (Å²) in [6, 6.07) is 12.6. The summed E-state index contributed by atoms with van der Waals surface area (Å²) in [5.41, 5.74) is 3.41. The lowest BCUT2D eigenvalue weighted by atomic mass is 9.87. The SMILES string of the molecule is C[C@@H](NC1CCCc2ccc(O)cc21)c1cccc(F)c1. The van der Waals surface area contributed by atoms with Crippen LogP contribution in [-0.4, -0.2) is 5.11 Å². The van der Waals surface area contributed by atoms with Gasteiger partial charge in [0.2, 0.25) is 0 Å². The molecule has 0 aromatic heterocycles. The van der Waals surface area contributed by atoms with Crippen LogP contribution in [0.25, 0.3) is 0 Å². The van der Waals surface area contributed by atoms with Crippen molar-refractivity contribution in [2.24, 2.45) is 0 Å². The summed E-state index contributed by atoms with van der Waals surface area (Å²) in [6.45, 7) is 2.05. The van der Waals surface area contributed by atoms with Gasteiger partial charge < -0.3 is 10.4 Å². The molecule has 0 saturated heterocycles. The van der Waals surface area contributed by atoms with Crippen molar-refractivity contribution < 1.29 is 9.50 Å². The lowest BCUT2D eigenvalue weighted by Gasteiger charge is -2.29. The van der Waals surface area contributed by atoms with Gasteiger partial charge in [0.25, 0.3) is 0 Å². The summed E-state index contributed by atoms with van der Waals surface area (Å²) in [4.78, 5) is 0. The maximum atomic E-state index is 13.3. The predicted octanol–water partition coefficient (Wildman–Crippen LogP) is 4.26. The predicted molar refractivity (Wildman–Crippen MR) is 81.7 cm³/mol. The molecule has 2 aromatic rings. The Hall–Kier alpha value is -1.87. The number of nitrogens with one attached hydrogen (secondary N) is 1. The molecule has 1 aliphatic rings. The van der Waals surface area contributed by atoms with Gasteiger partial charge in [-0.1, -0.05) is 18.2 Å². The second-order valence-electron chi connectivity index (χ2n) is 5.77. The van der Waals surface area contributed by atoms with E-state index in [0.717, 1.165) is 24.8 Å². The van der Waals surface area contributed by atoms with E-state index < -0.39 is 0 Å². The number of benzene rings is 2. The minimum Gasteiger partial charge on any atom is -0.508 e. The standard InChI is InChI=1S/C18H20FNO/c1-12(14-5-2-6-15(19)10-14)20-18-7-3-4-13-8-9-16(21)11-17(13)18/h2,5-6,8-12,18,20-21H,3-4,7H2,1H3/t12-,18?/m1/s1. The molecule has 0 heterocycles. The van der Waals surface area contributed by atoms with Gasteiger partial charge in [-0.25, -0.2) is 4.39 Å². The van der Waals surface area contributed by atoms with Crippen molar-refractivity contribution in [1.29, 1.82) is 0 Å². The number of fused-ring (bicyclic) bond motifs is 1. The first-order valence-corrected chi connectivity index (χ1v) is 7.47. The van der Waals surface area contributed by atoms with Crippen molar-refractivity contribution in [2.45, 2.75) is 38.3 Å². The molecule has 0 bridgehead atoms. The molecule has 0 aliphatic heterocycles. The number of phenols is 1. The van der Waals surface area contributed by atoms with E-state index in [0.29, 0.717) is 5.75 Å². The summed E-state index contributed by atoms with van der Waals surface area (Å²) in [6.07, 6.45) is 3.23. The molecule has 0 amide bonds. The molecule has 0 saturated carbocycles. The van der Waals surface area contributed by atoms with E-state index >= 15 is 0 Å². The van der Waals surface area contributed by atoms with Crippen molar-refractivity contribution in [2.75, 3.05) is 0 Å². The van der Waals surface area contributed by atoms with E-state index in [2.05, 4.69) is 5.32 Å². The fraction of sp³-hybridized carbons (Fsp3) is 0.333. The Morgan fingerprint density at radius 3 is 2.90 bits per heavy atom. The fourth-order valence-corrected chi connectivity index (χ4v) is 3.13. The Bertz CT molecular complexity index is 641. The van der Waals surface area contributed by atoms with Gasteiger partial charge >= 0.3 is 0 Å². The second kappa shape index (κ2) is 5.86. The van der Waals surface area contributed by atoms with Crippen LogP contribution in [0.15, 0.2) is 42.5 Å². The third-order valence-electron chi connectivity index (χ3n) is 4.24. The van der Waals surface area contributed by atoms with Crippen molar-refractivity contribution in [1.82, 2.24) is 5.32 Å². The average Bonchev–Trinajstić information content (AvgIpc) is 2.48. The second-order valence-corrected chi connectivity index (χ2v) is 5.77. The van der Waals surface area contributed by atoms with Gasteiger partial charge in [-0.3, -0.25) is 0 Å². The van der Waals surface area contributed by atoms with E-state index in [-0.39, 0.29) is 17.9 Å². The lowest BCUT2D eigenvalue weighted by Crippen LogP contribution is -2.27. The number of aryl methyl sites for hydroxylation is 1. The molecule has 21 heavy (non-hydrogen) atoms. The molecular weight excluding hydrogens is 265 g/mol. The summed E-state index contributed by atoms with van der Waals surface area (Å²) in [5, 5.41) is 13.3. The molecule has 3 rings (SSSR count). The van der Waals surface area contributed by atoms with Gasteiger partial charge in [-0.2, -0.15) is 0 Å². The van der Waals surface area contributed by atoms with E-state index in [9.17, 15) is 9.50 Å². The first kappa shape index (κ1) is 14.1. The molecule has 0 spiro atoms. The Balaban J connectivity index is 1.81. The molecule has 110 valence electrons. The highest BCUT2D eigenvalue weighted by Crippen LogP contribution is 2.33. The molecule has 3 heteroatoms. The summed E-state index contributed by atoms with van der Waals surface area (Å²) in [5.74, 6) is 0.101. The molecule has 2 aromatic carbocycles. The van der Waals surface area contributed by atoms with Gasteiger partial charge in [0.1, 0.15) is 11.6 Å². The Morgan fingerprint density at radius 1 is 1.24 bits per heavy atom. The zero-order chi connectivity index (χ0) is 14.8. The van der Waals surface area contributed by atoms with Crippen LogP contribution in [-0.2, 0) is 6.42 Å². The third-order valence-corrected chi connectivity index (χ3v) is 4.24. The number of halogens is 1. The summed E-state index contributed by atoms with van der Waals surface area (Å²) < 4.78 is 13.3. The topological polar surface area (TPSA) is 32.3 Å². The maximum Gasteiger partial charge on any atom is 0.123 e. The van der Waals surface area contributed by atoms with Crippen molar-refractivity contribution in [3.63, 3.8) is 0 Å². The highest BCUT2D eigenvalue weighted by molar-refractivity contribution is 5.38. The van der Waals surface area contributed by atoms with Gasteiger partial charge in [0, 0.05) is 12.1 Å². The summed E-state index contributed by atoms with van der Waals surface area (Å²) >= 11 is 0. The molecule has 2 nitrogen and oxygen atoms in total. The molecule has 0 radical (unpaired) electrons. The van der Waals surface area contributed by atoms with Crippen LogP contribution in [0.2, 0.25) is 0 Å². The summed E-state index contributed by atoms with van der Waals surface area (Å²) in [7, 11) is 0. The number of hydrogen-bond donors (Lipinski definition) is 2. The Labute approximate surface area is 124 Å². The lowest BCUT2D eigenvalue weighted by molar-refractivity contribution is 0.410. The minimum absolute atomic E-state index is 0.0685. The number of aromatic hydroxyl groups is 1. The smallest absolute Gasteiger partial charge is 0.123 e. The van der Waals surface area contributed by atoms with Crippen molar-refractivity contribution >= 4 is 0 Å². The highest BCUT2D eigenvalue weighted by Gasteiger charge is 2.22. The van der Waals surface area contributed by atoms with Crippen LogP contribution >= 0.6 is 0 Å². The number of phenolic OH excluding ortho intramolecular Hbond substituents is 1. The van der Waals surface area contributed by atoms with Gasteiger partial charge in [-0.05, 0) is 67.1 Å². The minimum atomic E-state index is -0.206. The van der Waals surface area contributed by atoms with Gasteiger partial charge in [-0.15, -0.1) is 0 Å². The van der Waals surface area contributed by atoms with Crippen LogP contribution in [0.1, 0.15) is 48.5 Å². The fourth-order valence-electron chi connectivity index (χ4n) is 3.13. The molecule has 1 aliphatic carbocycles. The van der Waals surface area contributed by atoms with Gasteiger partial charge in [0.05, 0.1) is 0 Å². The van der Waals surface area contributed by atoms with Crippen LogP contribution < -0.4 is 5.32 Å². The van der Waals surface area contributed by atoms with E-state index in [1.807, 2.05) is 25.1 Å². The highest BCUT2D eigenvalue weighted by atomic mass is 19.1. The molecule has 2 N–H and O–H groups in total. The van der Waals surface area contributed by atoms with Crippen LogP contribution in [0.5, 0.6) is 5.75 Å². The third kappa shape index (κ3) is 3.08. The maximum absolute atomic E-state index is 13.3. The van der Waals surface area contributed by atoms with Crippen molar-refractivity contribution in [3.05, 3.63) is 65.0 Å². The van der Waals surface area contributed by atoms with E-state index in [1.165, 1.54) is 17.2 Å². The average molecular weight is 285 g/mol. The van der Waals surface area contributed by atoms with E-state index in [1.54, 1.807) is 18.2 Å². The first-order valence-electron chi connectivity index (χ1n) is 7.47. The zero-order valence-electron chi connectivity index (χ0n) is 12.1. The van der Waals surface area contributed by atoms with Crippen LogP contribution in [0.3, 0.4) is 0 Å². The largest absolute Gasteiger partial charge is 0.508 e. The number of hydrogen-bond acceptors (Lipinski definition) is 2. The van der Waals surface area contributed by atoms with E-state index in [4.69, 9.17) is 0 Å². The van der Waals surface area contributed by atoms with Gasteiger partial charge in [0.15, 0.2) is 0 Å². The molecular formula is C18H20FNO.